The number of carboxylic acids is 1. The molecule has 0 saturated heterocycles. The van der Waals surface area contributed by atoms with Crippen molar-refractivity contribution in [3.05, 3.63) is 16.0 Å². The monoisotopic (exact) mass is 432 g/mol. The van der Waals surface area contributed by atoms with Crippen LogP contribution in [0.1, 0.15) is 85.5 Å². The molecule has 0 bridgehead atoms. The summed E-state index contributed by atoms with van der Waals surface area (Å²) in [5.74, 6) is -1.66. The number of amides is 2. The third kappa shape index (κ3) is 4.41. The molecule has 0 aliphatic heterocycles. The van der Waals surface area contributed by atoms with E-state index in [2.05, 4.69) is 17.6 Å². The SMILES string of the molecule is CC1CCC(NC(=O)c2c(NC(=O)C3CCCC[C@H]3C(=O)O)sc3c2CCC3)CC1. The zero-order chi connectivity index (χ0) is 21.3. The minimum absolute atomic E-state index is 0.0809. The molecule has 1 heterocycles. The normalized spacial score (nSPS) is 28.6. The van der Waals surface area contributed by atoms with Crippen LogP contribution in [-0.4, -0.2) is 28.9 Å². The van der Waals surface area contributed by atoms with E-state index in [9.17, 15) is 19.5 Å². The highest BCUT2D eigenvalue weighted by Gasteiger charge is 2.37. The standard InChI is InChI=1S/C23H32N2O4S/c1-13-9-11-14(12-10-13)24-21(27)19-17-7-4-8-18(17)30-22(19)25-20(26)15-5-2-3-6-16(15)23(28)29/h13-16H,2-12H2,1H3,(H,24,27)(H,25,26)(H,28,29)/t13?,14?,15?,16-/m1/s1. The van der Waals surface area contributed by atoms with Gasteiger partial charge in [0, 0.05) is 10.9 Å². The number of carbonyl (C=O) groups is 3. The van der Waals surface area contributed by atoms with Crippen LogP contribution in [0.2, 0.25) is 0 Å². The molecular weight excluding hydrogens is 400 g/mol. The van der Waals surface area contributed by atoms with Gasteiger partial charge in [0.15, 0.2) is 0 Å². The van der Waals surface area contributed by atoms with Gasteiger partial charge in [0.2, 0.25) is 5.91 Å². The van der Waals surface area contributed by atoms with Crippen LogP contribution < -0.4 is 10.6 Å². The van der Waals surface area contributed by atoms with Crippen LogP contribution in [0.25, 0.3) is 0 Å². The average molecular weight is 433 g/mol. The maximum absolute atomic E-state index is 13.2. The number of thiophene rings is 1. The van der Waals surface area contributed by atoms with Crippen molar-refractivity contribution >= 4 is 34.1 Å². The van der Waals surface area contributed by atoms with E-state index in [1.807, 2.05) is 0 Å². The number of fused-ring (bicyclic) bond motifs is 1. The van der Waals surface area contributed by atoms with Crippen LogP contribution in [0.15, 0.2) is 0 Å². The number of aryl methyl sites for hydroxylation is 1. The second-order valence-electron chi connectivity index (χ2n) is 9.32. The van der Waals surface area contributed by atoms with Crippen molar-refractivity contribution in [3.63, 3.8) is 0 Å². The molecule has 30 heavy (non-hydrogen) atoms. The molecule has 3 N–H and O–H groups in total. The first-order valence-electron chi connectivity index (χ1n) is 11.4. The Morgan fingerprint density at radius 2 is 1.63 bits per heavy atom. The Labute approximate surface area is 181 Å². The van der Waals surface area contributed by atoms with Crippen molar-refractivity contribution in [3.8, 4) is 0 Å². The highest BCUT2D eigenvalue weighted by Crippen LogP contribution is 2.40. The topological polar surface area (TPSA) is 95.5 Å². The van der Waals surface area contributed by atoms with Crippen LogP contribution in [0.3, 0.4) is 0 Å². The molecule has 1 aromatic rings. The van der Waals surface area contributed by atoms with E-state index in [-0.39, 0.29) is 17.9 Å². The predicted octanol–water partition coefficient (Wildman–Crippen LogP) is 4.37. The lowest BCUT2D eigenvalue weighted by atomic mass is 9.79. The second-order valence-corrected chi connectivity index (χ2v) is 10.4. The number of hydrogen-bond acceptors (Lipinski definition) is 4. The fourth-order valence-electron chi connectivity index (χ4n) is 5.34. The molecule has 3 aliphatic carbocycles. The Morgan fingerprint density at radius 3 is 2.33 bits per heavy atom. The minimum Gasteiger partial charge on any atom is -0.481 e. The molecule has 0 radical (unpaired) electrons. The summed E-state index contributed by atoms with van der Waals surface area (Å²) in [4.78, 5) is 39.0. The lowest BCUT2D eigenvalue weighted by molar-refractivity contribution is -0.147. The maximum atomic E-state index is 13.2. The molecule has 3 aliphatic rings. The van der Waals surface area contributed by atoms with Gasteiger partial charge in [0.25, 0.3) is 5.91 Å². The van der Waals surface area contributed by atoms with E-state index in [4.69, 9.17) is 0 Å². The van der Waals surface area contributed by atoms with Crippen molar-refractivity contribution in [2.45, 2.75) is 83.6 Å². The number of hydrogen-bond donors (Lipinski definition) is 3. The average Bonchev–Trinajstić information content (AvgIpc) is 3.30. The third-order valence-corrected chi connectivity index (χ3v) is 8.36. The number of carboxylic acid groups (broad SMARTS) is 1. The highest BCUT2D eigenvalue weighted by molar-refractivity contribution is 7.17. The predicted molar refractivity (Wildman–Crippen MR) is 117 cm³/mol. The first-order chi connectivity index (χ1) is 14.4. The first-order valence-corrected chi connectivity index (χ1v) is 12.2. The zero-order valence-corrected chi connectivity index (χ0v) is 18.5. The van der Waals surface area contributed by atoms with Gasteiger partial charge in [0.1, 0.15) is 5.00 Å². The van der Waals surface area contributed by atoms with Crippen molar-refractivity contribution in [2.75, 3.05) is 5.32 Å². The van der Waals surface area contributed by atoms with Gasteiger partial charge in [-0.2, -0.15) is 0 Å². The molecule has 4 rings (SSSR count). The maximum Gasteiger partial charge on any atom is 0.307 e. The summed E-state index contributed by atoms with van der Waals surface area (Å²) in [5.41, 5.74) is 1.71. The van der Waals surface area contributed by atoms with Crippen LogP contribution in [0, 0.1) is 17.8 Å². The molecule has 164 valence electrons. The number of anilines is 1. The summed E-state index contributed by atoms with van der Waals surface area (Å²) in [6.07, 6.45) is 9.98. The van der Waals surface area contributed by atoms with E-state index >= 15 is 0 Å². The molecule has 2 fully saturated rings. The van der Waals surface area contributed by atoms with Gasteiger partial charge in [-0.15, -0.1) is 11.3 Å². The largest absolute Gasteiger partial charge is 0.481 e. The van der Waals surface area contributed by atoms with E-state index in [0.717, 1.165) is 69.3 Å². The van der Waals surface area contributed by atoms with Gasteiger partial charge < -0.3 is 15.7 Å². The Balaban J connectivity index is 1.51. The Bertz CT molecular complexity index is 825. The lowest BCUT2D eigenvalue weighted by Crippen LogP contribution is -2.38. The van der Waals surface area contributed by atoms with Crippen molar-refractivity contribution < 1.29 is 19.5 Å². The summed E-state index contributed by atoms with van der Waals surface area (Å²) in [5, 5.41) is 16.3. The summed E-state index contributed by atoms with van der Waals surface area (Å²) in [6, 6.07) is 0.198. The molecule has 0 spiro atoms. The van der Waals surface area contributed by atoms with E-state index in [1.165, 1.54) is 16.2 Å². The Hall–Kier alpha value is -1.89. The zero-order valence-electron chi connectivity index (χ0n) is 17.7. The number of nitrogens with one attached hydrogen (secondary N) is 2. The molecule has 0 aromatic carbocycles. The molecule has 1 aromatic heterocycles. The minimum atomic E-state index is -0.895. The number of carbonyl (C=O) groups excluding carboxylic acids is 2. The molecule has 1 unspecified atom stereocenters. The van der Waals surface area contributed by atoms with Crippen molar-refractivity contribution in [1.29, 1.82) is 0 Å². The van der Waals surface area contributed by atoms with E-state index < -0.39 is 17.8 Å². The van der Waals surface area contributed by atoms with Crippen LogP contribution in [-0.2, 0) is 22.4 Å². The summed E-state index contributed by atoms with van der Waals surface area (Å²) in [7, 11) is 0. The molecule has 2 saturated carbocycles. The summed E-state index contributed by atoms with van der Waals surface area (Å²) < 4.78 is 0. The fourth-order valence-corrected chi connectivity index (χ4v) is 6.63. The molecule has 7 heteroatoms. The van der Waals surface area contributed by atoms with Gasteiger partial charge in [-0.1, -0.05) is 19.8 Å². The Morgan fingerprint density at radius 1 is 0.933 bits per heavy atom. The number of rotatable bonds is 5. The van der Waals surface area contributed by atoms with Crippen molar-refractivity contribution in [1.82, 2.24) is 5.32 Å². The Kier molecular flexibility index (Phi) is 6.46. The second kappa shape index (κ2) is 9.08. The first kappa shape index (κ1) is 21.3. The van der Waals surface area contributed by atoms with Crippen LogP contribution in [0.5, 0.6) is 0 Å². The summed E-state index contributed by atoms with van der Waals surface area (Å²) in [6.45, 7) is 2.26. The molecular formula is C23H32N2O4S. The van der Waals surface area contributed by atoms with Crippen LogP contribution >= 0.6 is 11.3 Å². The fraction of sp³-hybridized carbons (Fsp3) is 0.696. The molecule has 6 nitrogen and oxygen atoms in total. The smallest absolute Gasteiger partial charge is 0.307 e. The van der Waals surface area contributed by atoms with E-state index in [0.29, 0.717) is 23.4 Å². The van der Waals surface area contributed by atoms with Gasteiger partial charge >= 0.3 is 5.97 Å². The van der Waals surface area contributed by atoms with Crippen molar-refractivity contribution in [2.24, 2.45) is 17.8 Å². The van der Waals surface area contributed by atoms with Gasteiger partial charge in [-0.25, -0.2) is 0 Å². The van der Waals surface area contributed by atoms with Gasteiger partial charge in [-0.05, 0) is 69.3 Å². The lowest BCUT2D eigenvalue weighted by Gasteiger charge is -2.28. The molecule has 2 amide bonds. The van der Waals surface area contributed by atoms with Gasteiger partial charge in [0.05, 0.1) is 17.4 Å². The number of aliphatic carboxylic acids is 1. The highest BCUT2D eigenvalue weighted by atomic mass is 32.1. The molecule has 2 atom stereocenters. The quantitative estimate of drug-likeness (QED) is 0.644. The van der Waals surface area contributed by atoms with Gasteiger partial charge in [-0.3, -0.25) is 14.4 Å². The third-order valence-electron chi connectivity index (χ3n) is 7.16. The van der Waals surface area contributed by atoms with E-state index in [1.54, 1.807) is 0 Å². The summed E-state index contributed by atoms with van der Waals surface area (Å²) >= 11 is 1.50. The van der Waals surface area contributed by atoms with Crippen LogP contribution in [0.4, 0.5) is 5.00 Å².